The highest BCUT2D eigenvalue weighted by molar-refractivity contribution is 7.89. The van der Waals surface area contributed by atoms with Crippen molar-refractivity contribution in [3.63, 3.8) is 0 Å². The fraction of sp³-hybridized carbons (Fsp3) is 0.429. The van der Waals surface area contributed by atoms with Crippen LogP contribution in [-0.4, -0.2) is 66.4 Å². The minimum Gasteiger partial charge on any atom is -0.355 e. The second kappa shape index (κ2) is 9.03. The average molecular weight is 486 g/mol. The van der Waals surface area contributed by atoms with Crippen molar-refractivity contribution in [3.8, 4) is 0 Å². The molecule has 2 heterocycles. The van der Waals surface area contributed by atoms with Crippen LogP contribution in [0.4, 0.5) is 0 Å². The van der Waals surface area contributed by atoms with Crippen molar-refractivity contribution in [1.29, 1.82) is 0 Å². The van der Waals surface area contributed by atoms with Crippen molar-refractivity contribution in [3.05, 3.63) is 50.8 Å². The Kier molecular flexibility index (Phi) is 6.98. The zero-order valence-corrected chi connectivity index (χ0v) is 20.2. The van der Waals surface area contributed by atoms with Gasteiger partial charge in [-0.2, -0.15) is 4.31 Å². The van der Waals surface area contributed by atoms with Gasteiger partial charge < -0.3 is 4.98 Å². The fourth-order valence-corrected chi connectivity index (χ4v) is 6.60. The van der Waals surface area contributed by atoms with E-state index in [4.69, 9.17) is 23.2 Å². The van der Waals surface area contributed by atoms with Crippen LogP contribution in [0.2, 0.25) is 10.0 Å². The summed E-state index contributed by atoms with van der Waals surface area (Å²) in [7, 11) is -3.85. The first-order valence-electron chi connectivity index (χ1n) is 9.89. The van der Waals surface area contributed by atoms with Crippen LogP contribution in [0.1, 0.15) is 46.0 Å². The number of carbonyl (C=O) groups is 2. The SMILES string of the molecule is CC(=O)c1c(C)[nH]c(C(=O)C(C)N2CCN(S(=O)(=O)c3c(Cl)cccc3Cl)CC2)c1C. The lowest BCUT2D eigenvalue weighted by molar-refractivity contribution is 0.0777. The summed E-state index contributed by atoms with van der Waals surface area (Å²) in [6.45, 7) is 7.99. The molecule has 0 spiro atoms. The molecule has 1 fully saturated rings. The van der Waals surface area contributed by atoms with Crippen molar-refractivity contribution in [2.75, 3.05) is 26.2 Å². The molecule has 0 amide bonds. The van der Waals surface area contributed by atoms with E-state index in [1.807, 2.05) is 4.90 Å². The molecule has 3 rings (SSSR count). The Morgan fingerprint density at radius 1 is 1.06 bits per heavy atom. The normalized spacial score (nSPS) is 17.0. The molecule has 0 bridgehead atoms. The number of halogens is 2. The van der Waals surface area contributed by atoms with E-state index in [1.54, 1.807) is 26.8 Å². The van der Waals surface area contributed by atoms with Crippen LogP contribution >= 0.6 is 23.2 Å². The number of nitrogens with zero attached hydrogens (tertiary/aromatic N) is 2. The summed E-state index contributed by atoms with van der Waals surface area (Å²) in [6.07, 6.45) is 0. The van der Waals surface area contributed by atoms with E-state index in [0.29, 0.717) is 35.6 Å². The number of nitrogens with one attached hydrogen (secondary N) is 1. The predicted molar refractivity (Wildman–Crippen MR) is 121 cm³/mol. The lowest BCUT2D eigenvalue weighted by Crippen LogP contribution is -2.53. The Hall–Kier alpha value is -1.71. The third kappa shape index (κ3) is 4.45. The number of aryl methyl sites for hydroxylation is 1. The Bertz CT molecular complexity index is 1120. The van der Waals surface area contributed by atoms with E-state index < -0.39 is 16.1 Å². The summed E-state index contributed by atoms with van der Waals surface area (Å²) in [5.74, 6) is -0.214. The minimum absolute atomic E-state index is 0.0809. The quantitative estimate of drug-likeness (QED) is 0.629. The van der Waals surface area contributed by atoms with Crippen LogP contribution in [0.15, 0.2) is 23.1 Å². The third-order valence-electron chi connectivity index (χ3n) is 5.75. The maximum Gasteiger partial charge on any atom is 0.246 e. The van der Waals surface area contributed by atoms with Crippen molar-refractivity contribution < 1.29 is 18.0 Å². The van der Waals surface area contributed by atoms with Gasteiger partial charge in [-0.15, -0.1) is 0 Å². The summed E-state index contributed by atoms with van der Waals surface area (Å²) in [5, 5.41) is 0.162. The van der Waals surface area contributed by atoms with E-state index in [1.165, 1.54) is 23.4 Å². The number of sulfonamides is 1. The molecule has 10 heteroatoms. The van der Waals surface area contributed by atoms with Gasteiger partial charge in [-0.1, -0.05) is 29.3 Å². The molecule has 31 heavy (non-hydrogen) atoms. The Balaban J connectivity index is 1.74. The van der Waals surface area contributed by atoms with Gasteiger partial charge in [0.15, 0.2) is 11.6 Å². The number of Topliss-reactive ketones (excluding diaryl/α,β-unsaturated/α-hetero) is 2. The Labute approximate surface area is 192 Å². The van der Waals surface area contributed by atoms with Gasteiger partial charge in [-0.25, -0.2) is 8.42 Å². The van der Waals surface area contributed by atoms with Gasteiger partial charge >= 0.3 is 0 Å². The summed E-state index contributed by atoms with van der Waals surface area (Å²) >= 11 is 12.2. The number of rotatable bonds is 6. The smallest absolute Gasteiger partial charge is 0.246 e. The van der Waals surface area contributed by atoms with E-state index in [2.05, 4.69) is 4.98 Å². The van der Waals surface area contributed by atoms with Crippen LogP contribution in [-0.2, 0) is 10.0 Å². The molecular weight excluding hydrogens is 461 g/mol. The van der Waals surface area contributed by atoms with E-state index in [9.17, 15) is 18.0 Å². The standard InChI is InChI=1S/C21H25Cl2N3O4S/c1-12-18(15(4)27)13(2)24-19(12)20(28)14(3)25-8-10-26(11-9-25)31(29,30)21-16(22)6-5-7-17(21)23/h5-7,14,24H,8-11H2,1-4H3. The molecule has 1 unspecified atom stereocenters. The predicted octanol–water partition coefficient (Wildman–Crippen LogP) is 3.72. The van der Waals surface area contributed by atoms with Crippen LogP contribution < -0.4 is 0 Å². The van der Waals surface area contributed by atoms with Crippen LogP contribution in [0.3, 0.4) is 0 Å². The van der Waals surface area contributed by atoms with Crippen LogP contribution in [0.25, 0.3) is 0 Å². The molecule has 0 aliphatic carbocycles. The summed E-state index contributed by atoms with van der Waals surface area (Å²) in [4.78, 5) is 29.8. The highest BCUT2D eigenvalue weighted by Gasteiger charge is 2.35. The lowest BCUT2D eigenvalue weighted by Gasteiger charge is -2.36. The largest absolute Gasteiger partial charge is 0.355 e. The monoisotopic (exact) mass is 485 g/mol. The van der Waals surface area contributed by atoms with Crippen molar-refractivity contribution in [1.82, 2.24) is 14.2 Å². The van der Waals surface area contributed by atoms with Crippen molar-refractivity contribution in [2.45, 2.75) is 38.6 Å². The maximum absolute atomic E-state index is 13.1. The molecule has 1 aromatic carbocycles. The van der Waals surface area contributed by atoms with E-state index >= 15 is 0 Å². The fourth-order valence-electron chi connectivity index (χ4n) is 4.09. The molecule has 0 saturated carbocycles. The van der Waals surface area contributed by atoms with Gasteiger partial charge in [0.05, 0.1) is 21.8 Å². The molecule has 0 radical (unpaired) electrons. The van der Waals surface area contributed by atoms with Gasteiger partial charge in [0.1, 0.15) is 4.90 Å². The molecule has 7 nitrogen and oxygen atoms in total. The number of hydrogen-bond acceptors (Lipinski definition) is 5. The molecule has 1 atom stereocenters. The average Bonchev–Trinajstić information content (AvgIpc) is 3.00. The Morgan fingerprint density at radius 3 is 2.10 bits per heavy atom. The van der Waals surface area contributed by atoms with Gasteiger partial charge in [0.2, 0.25) is 10.0 Å². The van der Waals surface area contributed by atoms with Crippen LogP contribution in [0.5, 0.6) is 0 Å². The first-order valence-corrected chi connectivity index (χ1v) is 12.1. The summed E-state index contributed by atoms with van der Waals surface area (Å²) in [6, 6.07) is 4.11. The number of carbonyl (C=O) groups excluding carboxylic acids is 2. The third-order valence-corrected chi connectivity index (χ3v) is 8.61. The van der Waals surface area contributed by atoms with Crippen molar-refractivity contribution >= 4 is 44.8 Å². The second-order valence-electron chi connectivity index (χ2n) is 7.71. The number of ketones is 2. The maximum atomic E-state index is 13.1. The highest BCUT2D eigenvalue weighted by atomic mass is 35.5. The second-order valence-corrected chi connectivity index (χ2v) is 10.4. The topological polar surface area (TPSA) is 90.6 Å². The van der Waals surface area contributed by atoms with Gasteiger partial charge in [-0.05, 0) is 45.4 Å². The number of hydrogen-bond donors (Lipinski definition) is 1. The zero-order chi connectivity index (χ0) is 23.1. The lowest BCUT2D eigenvalue weighted by atomic mass is 10.0. The highest BCUT2D eigenvalue weighted by Crippen LogP contribution is 2.32. The molecular formula is C21H25Cl2N3O4S. The van der Waals surface area contributed by atoms with Gasteiger partial charge in [0, 0.05) is 37.4 Å². The Morgan fingerprint density at radius 2 is 1.61 bits per heavy atom. The number of piperazine rings is 1. The summed E-state index contributed by atoms with van der Waals surface area (Å²) < 4.78 is 27.4. The molecule has 168 valence electrons. The van der Waals surface area contributed by atoms with Crippen molar-refractivity contribution in [2.24, 2.45) is 0 Å². The van der Waals surface area contributed by atoms with E-state index in [0.717, 1.165) is 0 Å². The molecule has 1 saturated heterocycles. The molecule has 1 N–H and O–H groups in total. The molecule has 1 aliphatic heterocycles. The number of aromatic nitrogens is 1. The number of benzene rings is 1. The van der Waals surface area contributed by atoms with Gasteiger partial charge in [-0.3, -0.25) is 14.5 Å². The zero-order valence-electron chi connectivity index (χ0n) is 17.8. The van der Waals surface area contributed by atoms with E-state index in [-0.39, 0.29) is 39.6 Å². The molecule has 1 aliphatic rings. The first kappa shape index (κ1) is 23.9. The molecule has 2 aromatic rings. The van der Waals surface area contributed by atoms with Crippen LogP contribution in [0, 0.1) is 13.8 Å². The summed E-state index contributed by atoms with van der Waals surface area (Å²) in [5.41, 5.74) is 2.29. The minimum atomic E-state index is -3.85. The van der Waals surface area contributed by atoms with Gasteiger partial charge in [0.25, 0.3) is 0 Å². The number of H-pyrrole nitrogens is 1. The number of aromatic amines is 1. The molecule has 1 aromatic heterocycles. The first-order chi connectivity index (χ1) is 14.5.